The fourth-order valence-electron chi connectivity index (χ4n) is 1.54. The standard InChI is InChI=1S/C13H17N5OS/c1-3-11-17-18-12(20-11)8-15-13(14)16-9-5-4-6-10(7-9)19-2/h4-7H,3,8H2,1-2H3,(H3,14,15,16). The highest BCUT2D eigenvalue weighted by molar-refractivity contribution is 7.11. The topological polar surface area (TPSA) is 85.4 Å². The van der Waals surface area contributed by atoms with Crippen molar-refractivity contribution in [2.24, 2.45) is 10.7 Å². The Hall–Kier alpha value is -2.15. The van der Waals surface area contributed by atoms with Crippen LogP contribution < -0.4 is 15.8 Å². The van der Waals surface area contributed by atoms with Crippen LogP contribution in [-0.2, 0) is 13.0 Å². The minimum atomic E-state index is 0.339. The van der Waals surface area contributed by atoms with Crippen LogP contribution in [0.25, 0.3) is 0 Å². The molecule has 0 amide bonds. The molecule has 0 saturated carbocycles. The predicted octanol–water partition coefficient (Wildman–Crippen LogP) is 2.04. The molecule has 0 saturated heterocycles. The normalized spacial score (nSPS) is 11.4. The fourth-order valence-corrected chi connectivity index (χ4v) is 2.24. The number of aryl methyl sites for hydroxylation is 1. The number of anilines is 1. The molecule has 2 rings (SSSR count). The number of ether oxygens (including phenoxy) is 1. The zero-order valence-corrected chi connectivity index (χ0v) is 12.3. The second-order valence-corrected chi connectivity index (χ2v) is 5.15. The summed E-state index contributed by atoms with van der Waals surface area (Å²) in [4.78, 5) is 4.24. The zero-order valence-electron chi connectivity index (χ0n) is 11.5. The van der Waals surface area contributed by atoms with Gasteiger partial charge < -0.3 is 15.8 Å². The van der Waals surface area contributed by atoms with Crippen molar-refractivity contribution in [1.82, 2.24) is 10.2 Å². The highest BCUT2D eigenvalue weighted by atomic mass is 32.1. The van der Waals surface area contributed by atoms with Crippen molar-refractivity contribution < 1.29 is 4.74 Å². The van der Waals surface area contributed by atoms with Crippen molar-refractivity contribution in [2.75, 3.05) is 12.4 Å². The Balaban J connectivity index is 1.96. The number of rotatable bonds is 5. The monoisotopic (exact) mass is 291 g/mol. The third kappa shape index (κ3) is 3.92. The minimum Gasteiger partial charge on any atom is -0.497 e. The highest BCUT2D eigenvalue weighted by Crippen LogP contribution is 2.16. The molecule has 0 atom stereocenters. The molecule has 0 bridgehead atoms. The van der Waals surface area contributed by atoms with Gasteiger partial charge in [-0.25, -0.2) is 4.99 Å². The molecule has 20 heavy (non-hydrogen) atoms. The van der Waals surface area contributed by atoms with Gasteiger partial charge in [-0.2, -0.15) is 0 Å². The second-order valence-electron chi connectivity index (χ2n) is 4.00. The summed E-state index contributed by atoms with van der Waals surface area (Å²) in [6, 6.07) is 7.49. The molecule has 0 unspecified atom stereocenters. The first kappa shape index (κ1) is 14.3. The van der Waals surface area contributed by atoms with Crippen molar-refractivity contribution in [2.45, 2.75) is 19.9 Å². The van der Waals surface area contributed by atoms with Crippen LogP contribution in [-0.4, -0.2) is 23.3 Å². The van der Waals surface area contributed by atoms with E-state index in [1.807, 2.05) is 31.2 Å². The number of hydrogen-bond donors (Lipinski definition) is 2. The van der Waals surface area contributed by atoms with Crippen LogP contribution in [0.4, 0.5) is 5.69 Å². The van der Waals surface area contributed by atoms with Crippen LogP contribution in [0.2, 0.25) is 0 Å². The minimum absolute atomic E-state index is 0.339. The largest absolute Gasteiger partial charge is 0.497 e. The lowest BCUT2D eigenvalue weighted by Gasteiger charge is -2.06. The maximum absolute atomic E-state index is 5.84. The third-order valence-electron chi connectivity index (χ3n) is 2.54. The lowest BCUT2D eigenvalue weighted by molar-refractivity contribution is 0.415. The SMILES string of the molecule is CCc1nnc(CN=C(N)Nc2cccc(OC)c2)s1. The summed E-state index contributed by atoms with van der Waals surface area (Å²) in [6.45, 7) is 2.48. The summed E-state index contributed by atoms with van der Waals surface area (Å²) < 4.78 is 5.14. The number of benzene rings is 1. The van der Waals surface area contributed by atoms with E-state index in [2.05, 4.69) is 20.5 Å². The first-order valence-electron chi connectivity index (χ1n) is 6.23. The number of methoxy groups -OCH3 is 1. The quantitative estimate of drug-likeness (QED) is 0.650. The van der Waals surface area contributed by atoms with E-state index >= 15 is 0 Å². The average molecular weight is 291 g/mol. The molecule has 1 aromatic heterocycles. The van der Waals surface area contributed by atoms with Crippen molar-refractivity contribution in [3.8, 4) is 5.75 Å². The molecule has 1 aromatic carbocycles. The van der Waals surface area contributed by atoms with Crippen LogP contribution in [0, 0.1) is 0 Å². The lowest BCUT2D eigenvalue weighted by Crippen LogP contribution is -2.22. The maximum Gasteiger partial charge on any atom is 0.193 e. The van der Waals surface area contributed by atoms with E-state index in [0.29, 0.717) is 12.5 Å². The van der Waals surface area contributed by atoms with Crippen LogP contribution in [0.1, 0.15) is 16.9 Å². The van der Waals surface area contributed by atoms with E-state index in [0.717, 1.165) is 27.9 Å². The molecule has 7 heteroatoms. The number of hydrogen-bond acceptors (Lipinski definition) is 5. The van der Waals surface area contributed by atoms with Crippen LogP contribution in [0.15, 0.2) is 29.3 Å². The molecule has 1 heterocycles. The van der Waals surface area contributed by atoms with E-state index in [9.17, 15) is 0 Å². The Morgan fingerprint density at radius 1 is 1.40 bits per heavy atom. The summed E-state index contributed by atoms with van der Waals surface area (Å²) in [6.07, 6.45) is 0.888. The average Bonchev–Trinajstić information content (AvgIpc) is 2.93. The number of nitrogens with two attached hydrogens (primary N) is 1. The van der Waals surface area contributed by atoms with Gasteiger partial charge in [0.25, 0.3) is 0 Å². The van der Waals surface area contributed by atoms with E-state index in [1.54, 1.807) is 18.4 Å². The van der Waals surface area contributed by atoms with Gasteiger partial charge in [-0.05, 0) is 18.6 Å². The Morgan fingerprint density at radius 2 is 2.20 bits per heavy atom. The second kappa shape index (κ2) is 6.85. The van der Waals surface area contributed by atoms with Gasteiger partial charge in [-0.3, -0.25) is 0 Å². The van der Waals surface area contributed by atoms with Gasteiger partial charge in [0.1, 0.15) is 15.8 Å². The molecule has 0 fully saturated rings. The number of nitrogens with one attached hydrogen (secondary N) is 1. The summed E-state index contributed by atoms with van der Waals surface area (Å²) in [5.74, 6) is 1.10. The maximum atomic E-state index is 5.84. The molecule has 2 aromatic rings. The smallest absolute Gasteiger partial charge is 0.193 e. The van der Waals surface area contributed by atoms with Gasteiger partial charge in [-0.1, -0.05) is 24.3 Å². The number of nitrogens with zero attached hydrogens (tertiary/aromatic N) is 3. The summed E-state index contributed by atoms with van der Waals surface area (Å²) >= 11 is 1.55. The summed E-state index contributed by atoms with van der Waals surface area (Å²) in [7, 11) is 1.62. The van der Waals surface area contributed by atoms with E-state index in [4.69, 9.17) is 10.5 Å². The Morgan fingerprint density at radius 3 is 2.90 bits per heavy atom. The molecule has 0 aliphatic carbocycles. The summed E-state index contributed by atoms with van der Waals surface area (Å²) in [5, 5.41) is 13.0. The third-order valence-corrected chi connectivity index (χ3v) is 3.59. The fraction of sp³-hybridized carbons (Fsp3) is 0.308. The Kier molecular flexibility index (Phi) is 4.89. The van der Waals surface area contributed by atoms with Crippen molar-refractivity contribution in [1.29, 1.82) is 0 Å². The first-order chi connectivity index (χ1) is 9.71. The summed E-state index contributed by atoms with van der Waals surface area (Å²) in [5.41, 5.74) is 6.67. The molecular weight excluding hydrogens is 274 g/mol. The van der Waals surface area contributed by atoms with Gasteiger partial charge >= 0.3 is 0 Å². The van der Waals surface area contributed by atoms with Crippen LogP contribution in [0.3, 0.4) is 0 Å². The number of aromatic nitrogens is 2. The molecule has 0 radical (unpaired) electrons. The molecule has 0 spiro atoms. The molecule has 3 N–H and O–H groups in total. The van der Waals surface area contributed by atoms with Gasteiger partial charge in [0, 0.05) is 11.8 Å². The zero-order chi connectivity index (χ0) is 14.4. The van der Waals surface area contributed by atoms with Gasteiger partial charge in [0.15, 0.2) is 5.96 Å². The molecule has 0 aliphatic heterocycles. The Labute approximate surface area is 121 Å². The number of aliphatic imine (C=N–C) groups is 1. The Bertz CT molecular complexity index is 596. The van der Waals surface area contributed by atoms with Crippen molar-refractivity contribution in [3.05, 3.63) is 34.3 Å². The van der Waals surface area contributed by atoms with Gasteiger partial charge in [-0.15, -0.1) is 10.2 Å². The lowest BCUT2D eigenvalue weighted by atomic mass is 10.3. The van der Waals surface area contributed by atoms with E-state index in [1.165, 1.54) is 0 Å². The number of guanidine groups is 1. The van der Waals surface area contributed by atoms with E-state index in [-0.39, 0.29) is 0 Å². The van der Waals surface area contributed by atoms with Gasteiger partial charge in [0.05, 0.1) is 13.7 Å². The first-order valence-corrected chi connectivity index (χ1v) is 7.05. The van der Waals surface area contributed by atoms with Crippen molar-refractivity contribution in [3.63, 3.8) is 0 Å². The molecular formula is C13H17N5OS. The van der Waals surface area contributed by atoms with Crippen molar-refractivity contribution >= 4 is 23.0 Å². The van der Waals surface area contributed by atoms with Gasteiger partial charge in [0.2, 0.25) is 0 Å². The highest BCUT2D eigenvalue weighted by Gasteiger charge is 2.02. The van der Waals surface area contributed by atoms with Crippen LogP contribution >= 0.6 is 11.3 Å². The molecule has 6 nitrogen and oxygen atoms in total. The van der Waals surface area contributed by atoms with Crippen LogP contribution in [0.5, 0.6) is 5.75 Å². The molecule has 106 valence electrons. The van der Waals surface area contributed by atoms with E-state index < -0.39 is 0 Å². The predicted molar refractivity (Wildman–Crippen MR) is 81.2 cm³/mol. The molecule has 0 aliphatic rings.